The van der Waals surface area contributed by atoms with E-state index in [0.717, 1.165) is 78.0 Å². The van der Waals surface area contributed by atoms with Crippen molar-refractivity contribution in [2.45, 2.75) is 0 Å². The summed E-state index contributed by atoms with van der Waals surface area (Å²) < 4.78 is 11.2. The van der Waals surface area contributed by atoms with E-state index in [2.05, 4.69) is 167 Å². The number of benzene rings is 7. The standard InChI is InChI=1S/C52H32N4O/c1-4-19-46-36(12-1)37-13-2-5-20-47(37)55(46)35-24-27-51-43(32-35)42-31-34(23-26-50(42)57-51)33-22-25-49-41(30-33)38-14-3-6-21-48(38)56(49)52-39(44-17-7-9-28-53-44)15-11-16-40(52)45-18-8-10-29-54-45/h1-32H. The molecule has 0 N–H and O–H groups in total. The lowest BCUT2D eigenvalue weighted by atomic mass is 9.99. The summed E-state index contributed by atoms with van der Waals surface area (Å²) in [5, 5.41) is 7.04. The van der Waals surface area contributed by atoms with Crippen LogP contribution in [-0.2, 0) is 0 Å². The Hall–Kier alpha value is -7.76. The molecule has 12 rings (SSSR count). The molecule has 12 aromatic rings. The maximum atomic E-state index is 6.44. The van der Waals surface area contributed by atoms with Gasteiger partial charge in [0.2, 0.25) is 0 Å². The van der Waals surface area contributed by atoms with Crippen LogP contribution in [0.4, 0.5) is 0 Å². The molecule has 0 fully saturated rings. The fourth-order valence-electron chi connectivity index (χ4n) is 8.92. The first kappa shape index (κ1) is 31.6. The van der Waals surface area contributed by atoms with Gasteiger partial charge in [-0.3, -0.25) is 9.97 Å². The number of para-hydroxylation sites is 4. The molecule has 0 unspecified atom stereocenters. The predicted octanol–water partition coefficient (Wildman–Crippen LogP) is 13.6. The number of furan rings is 1. The fourth-order valence-corrected chi connectivity index (χ4v) is 8.92. The number of pyridine rings is 2. The molecule has 0 saturated carbocycles. The van der Waals surface area contributed by atoms with E-state index in [1.807, 2.05) is 36.7 Å². The molecular weight excluding hydrogens is 697 g/mol. The lowest BCUT2D eigenvalue weighted by Gasteiger charge is -2.18. The molecule has 5 heteroatoms. The molecule has 0 saturated heterocycles. The maximum absolute atomic E-state index is 6.44. The zero-order valence-electron chi connectivity index (χ0n) is 30.7. The van der Waals surface area contributed by atoms with E-state index in [-0.39, 0.29) is 0 Å². The van der Waals surface area contributed by atoms with Gasteiger partial charge in [0.1, 0.15) is 11.2 Å². The van der Waals surface area contributed by atoms with E-state index >= 15 is 0 Å². The predicted molar refractivity (Wildman–Crippen MR) is 234 cm³/mol. The Balaban J connectivity index is 1.05. The fraction of sp³-hybridized carbons (Fsp3) is 0. The number of aromatic nitrogens is 4. The van der Waals surface area contributed by atoms with Crippen LogP contribution in [0.15, 0.2) is 199 Å². The topological polar surface area (TPSA) is 48.8 Å². The second kappa shape index (κ2) is 12.4. The van der Waals surface area contributed by atoms with Crippen LogP contribution in [0.3, 0.4) is 0 Å². The Labute approximate surface area is 327 Å². The molecule has 7 aromatic carbocycles. The minimum Gasteiger partial charge on any atom is -0.456 e. The highest BCUT2D eigenvalue weighted by Crippen LogP contribution is 2.42. The zero-order valence-corrected chi connectivity index (χ0v) is 30.7. The summed E-state index contributed by atoms with van der Waals surface area (Å²) in [7, 11) is 0. The van der Waals surface area contributed by atoms with Crippen LogP contribution in [0.5, 0.6) is 0 Å². The molecule has 5 heterocycles. The first-order valence-corrected chi connectivity index (χ1v) is 19.2. The van der Waals surface area contributed by atoms with Gasteiger partial charge in [-0.1, -0.05) is 97.1 Å². The lowest BCUT2D eigenvalue weighted by Crippen LogP contribution is -2.02. The molecule has 5 nitrogen and oxygen atoms in total. The maximum Gasteiger partial charge on any atom is 0.135 e. The van der Waals surface area contributed by atoms with Crippen molar-refractivity contribution in [3.05, 3.63) is 194 Å². The quantitative estimate of drug-likeness (QED) is 0.177. The molecule has 0 bridgehead atoms. The lowest BCUT2D eigenvalue weighted by molar-refractivity contribution is 0.669. The molecule has 0 atom stereocenters. The van der Waals surface area contributed by atoms with Gasteiger partial charge in [0.15, 0.2) is 0 Å². The van der Waals surface area contributed by atoms with Crippen LogP contribution < -0.4 is 0 Å². The van der Waals surface area contributed by atoms with Gasteiger partial charge in [-0.25, -0.2) is 0 Å². The van der Waals surface area contributed by atoms with Crippen molar-refractivity contribution < 1.29 is 4.42 Å². The highest BCUT2D eigenvalue weighted by molar-refractivity contribution is 6.13. The summed E-state index contributed by atoms with van der Waals surface area (Å²) in [5.74, 6) is 0. The van der Waals surface area contributed by atoms with Crippen molar-refractivity contribution in [1.82, 2.24) is 19.1 Å². The summed E-state index contributed by atoms with van der Waals surface area (Å²) in [4.78, 5) is 9.63. The Morgan fingerprint density at radius 3 is 1.46 bits per heavy atom. The van der Waals surface area contributed by atoms with E-state index in [4.69, 9.17) is 14.4 Å². The van der Waals surface area contributed by atoms with Gasteiger partial charge < -0.3 is 13.6 Å². The largest absolute Gasteiger partial charge is 0.456 e. The van der Waals surface area contributed by atoms with Gasteiger partial charge in [-0.05, 0) is 96.1 Å². The third-order valence-electron chi connectivity index (χ3n) is 11.4. The molecule has 0 aliphatic carbocycles. The highest BCUT2D eigenvalue weighted by atomic mass is 16.3. The second-order valence-electron chi connectivity index (χ2n) is 14.6. The number of hydrogen-bond acceptors (Lipinski definition) is 3. The van der Waals surface area contributed by atoms with Crippen LogP contribution in [0.25, 0.3) is 111 Å². The summed E-state index contributed by atoms with van der Waals surface area (Å²) >= 11 is 0. The summed E-state index contributed by atoms with van der Waals surface area (Å²) in [6.45, 7) is 0. The Kier molecular flexibility index (Phi) is 6.86. The molecular formula is C52H32N4O. The summed E-state index contributed by atoms with van der Waals surface area (Å²) in [5.41, 5.74) is 14.7. The molecule has 0 radical (unpaired) electrons. The molecule has 5 aromatic heterocycles. The molecule has 0 spiro atoms. The van der Waals surface area contributed by atoms with Gasteiger partial charge in [0.05, 0.1) is 39.1 Å². The molecule has 0 amide bonds. The van der Waals surface area contributed by atoms with E-state index < -0.39 is 0 Å². The number of hydrogen-bond donors (Lipinski definition) is 0. The highest BCUT2D eigenvalue weighted by Gasteiger charge is 2.21. The van der Waals surface area contributed by atoms with E-state index in [1.54, 1.807) is 0 Å². The number of rotatable bonds is 5. The minimum atomic E-state index is 0.874. The van der Waals surface area contributed by atoms with Gasteiger partial charge >= 0.3 is 0 Å². The SMILES string of the molecule is c1ccc(-c2cccc(-c3ccccn3)c2-n2c3ccccc3c3cc(-c4ccc5oc6ccc(-n7c8ccccc8c8ccccc87)cc6c5c4)ccc32)nc1. The third-order valence-corrected chi connectivity index (χ3v) is 11.4. The molecule has 0 aliphatic heterocycles. The average molecular weight is 729 g/mol. The number of fused-ring (bicyclic) bond motifs is 9. The second-order valence-corrected chi connectivity index (χ2v) is 14.6. The first-order chi connectivity index (χ1) is 28.3. The minimum absolute atomic E-state index is 0.874. The average Bonchev–Trinajstić information content (AvgIpc) is 3.93. The van der Waals surface area contributed by atoms with Crippen LogP contribution in [-0.4, -0.2) is 19.1 Å². The van der Waals surface area contributed by atoms with Crippen molar-refractivity contribution >= 4 is 65.6 Å². The molecule has 0 aliphatic rings. The van der Waals surface area contributed by atoms with Gasteiger partial charge in [-0.15, -0.1) is 0 Å². The molecule has 266 valence electrons. The van der Waals surface area contributed by atoms with E-state index in [0.29, 0.717) is 0 Å². The molecule has 57 heavy (non-hydrogen) atoms. The zero-order chi connectivity index (χ0) is 37.5. The van der Waals surface area contributed by atoms with Crippen molar-refractivity contribution in [3.8, 4) is 45.0 Å². The third kappa shape index (κ3) is 4.82. The van der Waals surface area contributed by atoms with Gasteiger partial charge in [-0.2, -0.15) is 0 Å². The van der Waals surface area contributed by atoms with Crippen LogP contribution >= 0.6 is 0 Å². The van der Waals surface area contributed by atoms with Crippen LogP contribution in [0.2, 0.25) is 0 Å². The van der Waals surface area contributed by atoms with E-state index in [1.165, 1.54) is 32.6 Å². The van der Waals surface area contributed by atoms with Gasteiger partial charge in [0.25, 0.3) is 0 Å². The van der Waals surface area contributed by atoms with Gasteiger partial charge in [0, 0.05) is 61.5 Å². The van der Waals surface area contributed by atoms with Crippen LogP contribution in [0.1, 0.15) is 0 Å². The van der Waals surface area contributed by atoms with Crippen molar-refractivity contribution in [3.63, 3.8) is 0 Å². The monoisotopic (exact) mass is 728 g/mol. The summed E-state index contributed by atoms with van der Waals surface area (Å²) in [6.07, 6.45) is 3.71. The Morgan fingerprint density at radius 1 is 0.351 bits per heavy atom. The Morgan fingerprint density at radius 2 is 0.842 bits per heavy atom. The van der Waals surface area contributed by atoms with Crippen molar-refractivity contribution in [1.29, 1.82) is 0 Å². The van der Waals surface area contributed by atoms with Crippen molar-refractivity contribution in [2.24, 2.45) is 0 Å². The number of nitrogens with zero attached hydrogens (tertiary/aromatic N) is 4. The summed E-state index contributed by atoms with van der Waals surface area (Å²) in [6, 6.07) is 64.5. The van der Waals surface area contributed by atoms with E-state index in [9.17, 15) is 0 Å². The van der Waals surface area contributed by atoms with Crippen LogP contribution in [0, 0.1) is 0 Å². The van der Waals surface area contributed by atoms with Crippen molar-refractivity contribution in [2.75, 3.05) is 0 Å². The first-order valence-electron chi connectivity index (χ1n) is 19.2. The smallest absolute Gasteiger partial charge is 0.135 e. The Bertz CT molecular complexity index is 3410. The normalized spacial score (nSPS) is 11.9.